The summed E-state index contributed by atoms with van der Waals surface area (Å²) in [5, 5.41) is 0.731. The van der Waals surface area contributed by atoms with Gasteiger partial charge >= 0.3 is 0 Å². The first-order valence-corrected chi connectivity index (χ1v) is 6.61. The van der Waals surface area contributed by atoms with Crippen LogP contribution < -0.4 is 0 Å². The van der Waals surface area contributed by atoms with Crippen molar-refractivity contribution in [3.05, 3.63) is 34.9 Å². The molecule has 1 aromatic rings. The van der Waals surface area contributed by atoms with Gasteiger partial charge in [-0.15, -0.1) is 0 Å². The van der Waals surface area contributed by atoms with Gasteiger partial charge < -0.3 is 4.90 Å². The summed E-state index contributed by atoms with van der Waals surface area (Å²) in [6.45, 7) is 3.47. The largest absolute Gasteiger partial charge is 0.338 e. The third-order valence-corrected chi connectivity index (χ3v) is 3.65. The molecule has 17 heavy (non-hydrogen) atoms. The van der Waals surface area contributed by atoms with E-state index in [0.29, 0.717) is 12.5 Å². The maximum atomic E-state index is 12.1. The quantitative estimate of drug-likeness (QED) is 0.802. The molecule has 1 aliphatic rings. The second kappa shape index (κ2) is 5.54. The molecule has 2 nitrogen and oxygen atoms in total. The molecule has 0 radical (unpaired) electrons. The van der Waals surface area contributed by atoms with Crippen LogP contribution in [0.15, 0.2) is 24.3 Å². The van der Waals surface area contributed by atoms with Crippen molar-refractivity contribution in [3.63, 3.8) is 0 Å². The van der Waals surface area contributed by atoms with Crippen LogP contribution in [0.5, 0.6) is 0 Å². The topological polar surface area (TPSA) is 20.3 Å². The molecule has 0 spiro atoms. The van der Waals surface area contributed by atoms with Crippen molar-refractivity contribution in [1.82, 2.24) is 4.90 Å². The van der Waals surface area contributed by atoms with Crippen molar-refractivity contribution in [3.8, 4) is 0 Å². The first-order valence-electron chi connectivity index (χ1n) is 6.24. The molecule has 0 unspecified atom stereocenters. The van der Waals surface area contributed by atoms with Gasteiger partial charge in [0.1, 0.15) is 0 Å². The smallest absolute Gasteiger partial charge is 0.225 e. The number of hydrogen-bond acceptors (Lipinski definition) is 1. The number of hydrogen-bond donors (Lipinski definition) is 0. The fourth-order valence-electron chi connectivity index (χ4n) is 2.11. The highest BCUT2D eigenvalue weighted by molar-refractivity contribution is 6.30. The molecule has 0 atom stereocenters. The standard InChI is InChI=1S/C14H18ClNO/c1-2-16(14(17)12-6-4-7-12)10-11-5-3-8-13(15)9-11/h3,5,8-9,12H,2,4,6-7,10H2,1H3. The van der Waals surface area contributed by atoms with E-state index in [0.717, 1.165) is 30.0 Å². The SMILES string of the molecule is CCN(Cc1cccc(Cl)c1)C(=O)C1CCC1. The molecule has 0 N–H and O–H groups in total. The molecule has 2 rings (SSSR count). The summed E-state index contributed by atoms with van der Waals surface area (Å²) in [6.07, 6.45) is 3.32. The number of benzene rings is 1. The van der Waals surface area contributed by atoms with Gasteiger partial charge in [0.05, 0.1) is 0 Å². The van der Waals surface area contributed by atoms with E-state index in [1.807, 2.05) is 36.1 Å². The fraction of sp³-hybridized carbons (Fsp3) is 0.500. The maximum absolute atomic E-state index is 12.1. The molecule has 1 aliphatic carbocycles. The normalized spacial score (nSPS) is 15.4. The lowest BCUT2D eigenvalue weighted by Gasteiger charge is -2.31. The molecule has 0 bridgehead atoms. The first kappa shape index (κ1) is 12.4. The summed E-state index contributed by atoms with van der Waals surface area (Å²) in [5.74, 6) is 0.577. The van der Waals surface area contributed by atoms with Gasteiger partial charge in [0, 0.05) is 24.0 Å². The van der Waals surface area contributed by atoms with Gasteiger partial charge in [0.2, 0.25) is 5.91 Å². The van der Waals surface area contributed by atoms with Crippen LogP contribution >= 0.6 is 11.6 Å². The molecule has 0 saturated heterocycles. The minimum absolute atomic E-state index is 0.272. The fourth-order valence-corrected chi connectivity index (χ4v) is 2.33. The molecule has 0 aliphatic heterocycles. The van der Waals surface area contributed by atoms with Crippen molar-refractivity contribution in [2.24, 2.45) is 5.92 Å². The van der Waals surface area contributed by atoms with Crippen LogP contribution in [0.1, 0.15) is 31.7 Å². The summed E-state index contributed by atoms with van der Waals surface area (Å²) < 4.78 is 0. The van der Waals surface area contributed by atoms with Crippen LogP contribution in [0.3, 0.4) is 0 Å². The van der Waals surface area contributed by atoms with Crippen LogP contribution in [0, 0.1) is 5.92 Å². The predicted molar refractivity (Wildman–Crippen MR) is 69.9 cm³/mol. The summed E-state index contributed by atoms with van der Waals surface area (Å²) in [6, 6.07) is 7.73. The Morgan fingerprint density at radius 2 is 2.24 bits per heavy atom. The van der Waals surface area contributed by atoms with Crippen LogP contribution in [-0.4, -0.2) is 17.4 Å². The molecular formula is C14H18ClNO. The van der Waals surface area contributed by atoms with Gasteiger partial charge in [0.25, 0.3) is 0 Å². The second-order valence-corrected chi connectivity index (χ2v) is 5.05. The number of nitrogens with zero attached hydrogens (tertiary/aromatic N) is 1. The average molecular weight is 252 g/mol. The summed E-state index contributed by atoms with van der Waals surface area (Å²) >= 11 is 5.95. The van der Waals surface area contributed by atoms with E-state index in [-0.39, 0.29) is 5.92 Å². The molecule has 1 fully saturated rings. The number of carbonyl (C=O) groups excluding carboxylic acids is 1. The minimum Gasteiger partial charge on any atom is -0.338 e. The number of rotatable bonds is 4. The molecule has 1 saturated carbocycles. The number of halogens is 1. The Bertz CT molecular complexity index is 401. The predicted octanol–water partition coefficient (Wildman–Crippen LogP) is 3.49. The van der Waals surface area contributed by atoms with Crippen molar-refractivity contribution in [2.75, 3.05) is 6.54 Å². The van der Waals surface area contributed by atoms with E-state index in [1.54, 1.807) is 0 Å². The highest BCUT2D eigenvalue weighted by Gasteiger charge is 2.28. The molecule has 0 heterocycles. The summed E-state index contributed by atoms with van der Waals surface area (Å²) in [4.78, 5) is 14.1. The highest BCUT2D eigenvalue weighted by Crippen LogP contribution is 2.28. The zero-order valence-electron chi connectivity index (χ0n) is 10.2. The van der Waals surface area contributed by atoms with Crippen LogP contribution in [0.2, 0.25) is 5.02 Å². The van der Waals surface area contributed by atoms with E-state index in [9.17, 15) is 4.79 Å². The van der Waals surface area contributed by atoms with Crippen molar-refractivity contribution in [1.29, 1.82) is 0 Å². The van der Waals surface area contributed by atoms with Crippen molar-refractivity contribution < 1.29 is 4.79 Å². The van der Waals surface area contributed by atoms with Gasteiger partial charge in [-0.25, -0.2) is 0 Å². The zero-order valence-corrected chi connectivity index (χ0v) is 10.9. The zero-order chi connectivity index (χ0) is 12.3. The monoisotopic (exact) mass is 251 g/mol. The molecule has 92 valence electrons. The Hall–Kier alpha value is -1.02. The third-order valence-electron chi connectivity index (χ3n) is 3.41. The lowest BCUT2D eigenvalue weighted by molar-refractivity contribution is -0.138. The van der Waals surface area contributed by atoms with Crippen LogP contribution in [0.25, 0.3) is 0 Å². The highest BCUT2D eigenvalue weighted by atomic mass is 35.5. The van der Waals surface area contributed by atoms with E-state index in [4.69, 9.17) is 11.6 Å². The van der Waals surface area contributed by atoms with Gasteiger partial charge in [-0.3, -0.25) is 4.79 Å². The second-order valence-electron chi connectivity index (χ2n) is 4.61. The molecule has 0 aromatic heterocycles. The lowest BCUT2D eigenvalue weighted by atomic mass is 9.84. The Labute approximate surface area is 108 Å². The molecule has 1 aromatic carbocycles. The maximum Gasteiger partial charge on any atom is 0.225 e. The van der Waals surface area contributed by atoms with E-state index < -0.39 is 0 Å². The van der Waals surface area contributed by atoms with E-state index in [1.165, 1.54) is 6.42 Å². The van der Waals surface area contributed by atoms with E-state index in [2.05, 4.69) is 0 Å². The summed E-state index contributed by atoms with van der Waals surface area (Å²) in [5.41, 5.74) is 1.10. The van der Waals surface area contributed by atoms with Gasteiger partial charge in [0.15, 0.2) is 0 Å². The lowest BCUT2D eigenvalue weighted by Crippen LogP contribution is -2.38. The van der Waals surface area contributed by atoms with Gasteiger partial charge in [-0.1, -0.05) is 30.2 Å². The molecular weight excluding hydrogens is 234 g/mol. The van der Waals surface area contributed by atoms with Crippen LogP contribution in [-0.2, 0) is 11.3 Å². The average Bonchev–Trinajstić information content (AvgIpc) is 2.23. The summed E-state index contributed by atoms with van der Waals surface area (Å²) in [7, 11) is 0. The first-order chi connectivity index (χ1) is 8.20. The van der Waals surface area contributed by atoms with Crippen molar-refractivity contribution >= 4 is 17.5 Å². The van der Waals surface area contributed by atoms with Crippen LogP contribution in [0.4, 0.5) is 0 Å². The Kier molecular flexibility index (Phi) is 4.06. The third kappa shape index (κ3) is 3.01. The molecule has 1 amide bonds. The van der Waals surface area contributed by atoms with Gasteiger partial charge in [-0.05, 0) is 37.5 Å². The molecule has 3 heteroatoms. The Morgan fingerprint density at radius 1 is 1.47 bits per heavy atom. The van der Waals surface area contributed by atoms with Gasteiger partial charge in [-0.2, -0.15) is 0 Å². The number of amides is 1. The Morgan fingerprint density at radius 3 is 2.76 bits per heavy atom. The van der Waals surface area contributed by atoms with E-state index >= 15 is 0 Å². The van der Waals surface area contributed by atoms with Crippen molar-refractivity contribution in [2.45, 2.75) is 32.7 Å². The Balaban J connectivity index is 2.01. The minimum atomic E-state index is 0.272. The number of carbonyl (C=O) groups is 1.